The van der Waals surface area contributed by atoms with E-state index in [1.807, 2.05) is 30.3 Å². The number of nitrogens with zero attached hydrogens (tertiary/aromatic N) is 1. The topological polar surface area (TPSA) is 61.4 Å². The highest BCUT2D eigenvalue weighted by Gasteiger charge is 2.45. The van der Waals surface area contributed by atoms with Gasteiger partial charge in [-0.1, -0.05) is 42.5 Å². The molecule has 2 fully saturated rings. The van der Waals surface area contributed by atoms with Crippen LogP contribution in [0.25, 0.3) is 0 Å². The number of amides is 2. The Morgan fingerprint density at radius 2 is 1.79 bits per heavy atom. The van der Waals surface area contributed by atoms with Gasteiger partial charge in [-0.25, -0.2) is 0 Å². The molecule has 0 unspecified atom stereocenters. The molecule has 2 aliphatic heterocycles. The number of likely N-dealkylation sites (tertiary alicyclic amines) is 1. The summed E-state index contributed by atoms with van der Waals surface area (Å²) in [6, 6.07) is 18.2. The first-order valence-electron chi connectivity index (χ1n) is 9.99. The summed E-state index contributed by atoms with van der Waals surface area (Å²) in [7, 11) is 0. The predicted octanol–water partition coefficient (Wildman–Crippen LogP) is 3.28. The molecule has 1 atom stereocenters. The molecule has 5 nitrogen and oxygen atoms in total. The number of benzene rings is 2. The summed E-state index contributed by atoms with van der Waals surface area (Å²) in [6.45, 7) is 4.37. The number of piperidine rings is 1. The maximum Gasteiger partial charge on any atom is 0.228 e. The van der Waals surface area contributed by atoms with Crippen LogP contribution in [0.4, 0.5) is 5.69 Å². The van der Waals surface area contributed by atoms with Crippen LogP contribution in [-0.2, 0) is 16.1 Å². The third-order valence-corrected chi connectivity index (χ3v) is 6.00. The molecular formula is C23H27N3O2. The van der Waals surface area contributed by atoms with Crippen LogP contribution >= 0.6 is 0 Å². The number of carbonyl (C=O) groups is 2. The molecule has 2 heterocycles. The summed E-state index contributed by atoms with van der Waals surface area (Å²) in [4.78, 5) is 26.1. The van der Waals surface area contributed by atoms with E-state index >= 15 is 0 Å². The Morgan fingerprint density at radius 1 is 1.11 bits per heavy atom. The Morgan fingerprint density at radius 3 is 2.43 bits per heavy atom. The van der Waals surface area contributed by atoms with E-state index in [1.54, 1.807) is 0 Å². The molecule has 2 aromatic rings. The molecule has 2 amide bonds. The predicted molar refractivity (Wildman–Crippen MR) is 110 cm³/mol. The highest BCUT2D eigenvalue weighted by Crippen LogP contribution is 2.39. The van der Waals surface area contributed by atoms with Gasteiger partial charge in [-0.3, -0.25) is 14.5 Å². The maximum atomic E-state index is 12.6. The molecule has 4 rings (SSSR count). The molecule has 1 spiro atoms. The fourth-order valence-corrected chi connectivity index (χ4v) is 4.46. The number of carbonyl (C=O) groups excluding carboxylic acids is 2. The summed E-state index contributed by atoms with van der Waals surface area (Å²) in [5.74, 6) is 0.101. The highest BCUT2D eigenvalue weighted by atomic mass is 16.2. The van der Waals surface area contributed by atoms with Crippen molar-refractivity contribution in [1.82, 2.24) is 10.2 Å². The first-order valence-corrected chi connectivity index (χ1v) is 9.99. The Kier molecular flexibility index (Phi) is 5.18. The third-order valence-electron chi connectivity index (χ3n) is 6.00. The van der Waals surface area contributed by atoms with Gasteiger partial charge in [0.1, 0.15) is 0 Å². The van der Waals surface area contributed by atoms with E-state index < -0.39 is 0 Å². The van der Waals surface area contributed by atoms with Crippen molar-refractivity contribution in [3.8, 4) is 0 Å². The minimum atomic E-state index is -0.0542. The molecular weight excluding hydrogens is 350 g/mol. The van der Waals surface area contributed by atoms with E-state index in [-0.39, 0.29) is 23.3 Å². The van der Waals surface area contributed by atoms with Crippen LogP contribution in [0.5, 0.6) is 0 Å². The van der Waals surface area contributed by atoms with Crippen molar-refractivity contribution in [1.29, 1.82) is 0 Å². The largest absolute Gasteiger partial charge is 0.350 e. The average Bonchev–Trinajstić information content (AvgIpc) is 3.02. The van der Waals surface area contributed by atoms with Gasteiger partial charge >= 0.3 is 0 Å². The summed E-state index contributed by atoms with van der Waals surface area (Å²) < 4.78 is 0. The molecule has 5 heteroatoms. The quantitative estimate of drug-likeness (QED) is 0.860. The van der Waals surface area contributed by atoms with Crippen molar-refractivity contribution in [2.45, 2.75) is 44.2 Å². The first kappa shape index (κ1) is 18.7. The Balaban J connectivity index is 1.33. The Bertz CT molecular complexity index is 840. The van der Waals surface area contributed by atoms with E-state index in [0.29, 0.717) is 0 Å². The van der Waals surface area contributed by atoms with Crippen LogP contribution < -0.4 is 10.6 Å². The van der Waals surface area contributed by atoms with Gasteiger partial charge in [0.15, 0.2) is 0 Å². The van der Waals surface area contributed by atoms with Gasteiger partial charge in [-0.2, -0.15) is 0 Å². The standard InChI is InChI=1S/C23H27N3O2/c1-17(27)24-20-9-7-18(8-10-20)16-26-13-11-23(12-14-26)15-21(22(28)25-23)19-5-3-2-4-6-19/h2-10,21H,11-16H2,1H3,(H,24,27)(H,25,28)/t21-/m0/s1. The molecule has 0 radical (unpaired) electrons. The van der Waals surface area contributed by atoms with Crippen molar-refractivity contribution in [3.63, 3.8) is 0 Å². The van der Waals surface area contributed by atoms with Gasteiger partial charge in [0.2, 0.25) is 11.8 Å². The molecule has 2 aromatic carbocycles. The summed E-state index contributed by atoms with van der Waals surface area (Å²) >= 11 is 0. The monoisotopic (exact) mass is 377 g/mol. The zero-order valence-corrected chi connectivity index (χ0v) is 16.3. The molecule has 0 aromatic heterocycles. The zero-order valence-electron chi connectivity index (χ0n) is 16.3. The number of rotatable bonds is 4. The van der Waals surface area contributed by atoms with Gasteiger partial charge in [-0.05, 0) is 42.5 Å². The Labute approximate surface area is 166 Å². The van der Waals surface area contributed by atoms with Crippen molar-refractivity contribution in [3.05, 3.63) is 65.7 Å². The molecule has 2 saturated heterocycles. The molecule has 146 valence electrons. The average molecular weight is 377 g/mol. The van der Waals surface area contributed by atoms with Crippen molar-refractivity contribution < 1.29 is 9.59 Å². The van der Waals surface area contributed by atoms with Crippen molar-refractivity contribution >= 4 is 17.5 Å². The SMILES string of the molecule is CC(=O)Nc1ccc(CN2CCC3(CC2)C[C@@H](c2ccccc2)C(=O)N3)cc1. The van der Waals surface area contributed by atoms with Crippen LogP contribution in [0.15, 0.2) is 54.6 Å². The zero-order chi connectivity index (χ0) is 19.6. The van der Waals surface area contributed by atoms with Crippen LogP contribution in [-0.4, -0.2) is 35.3 Å². The molecule has 28 heavy (non-hydrogen) atoms. The molecule has 0 aliphatic carbocycles. The number of anilines is 1. The first-order chi connectivity index (χ1) is 13.5. The summed E-state index contributed by atoms with van der Waals surface area (Å²) in [6.07, 6.45) is 2.88. The fourth-order valence-electron chi connectivity index (χ4n) is 4.46. The minimum absolute atomic E-state index is 0.0194. The highest BCUT2D eigenvalue weighted by molar-refractivity contribution is 5.88. The third kappa shape index (κ3) is 4.09. The van der Waals surface area contributed by atoms with Gasteiger partial charge < -0.3 is 10.6 Å². The van der Waals surface area contributed by atoms with E-state index in [4.69, 9.17) is 0 Å². The van der Waals surface area contributed by atoms with E-state index in [9.17, 15) is 9.59 Å². The molecule has 0 saturated carbocycles. The second-order valence-electron chi connectivity index (χ2n) is 8.09. The van der Waals surface area contributed by atoms with Crippen LogP contribution in [0.1, 0.15) is 43.2 Å². The molecule has 2 N–H and O–H groups in total. The van der Waals surface area contributed by atoms with E-state index in [2.05, 4.69) is 39.8 Å². The normalized spacial score (nSPS) is 21.5. The molecule has 2 aliphatic rings. The number of nitrogens with one attached hydrogen (secondary N) is 2. The van der Waals surface area contributed by atoms with Crippen LogP contribution in [0.2, 0.25) is 0 Å². The number of hydrogen-bond acceptors (Lipinski definition) is 3. The second kappa shape index (κ2) is 7.76. The van der Waals surface area contributed by atoms with E-state index in [0.717, 1.165) is 50.1 Å². The lowest BCUT2D eigenvalue weighted by Gasteiger charge is -2.39. The van der Waals surface area contributed by atoms with Crippen molar-refractivity contribution in [2.75, 3.05) is 18.4 Å². The van der Waals surface area contributed by atoms with E-state index in [1.165, 1.54) is 12.5 Å². The number of hydrogen-bond donors (Lipinski definition) is 2. The van der Waals surface area contributed by atoms with Crippen LogP contribution in [0.3, 0.4) is 0 Å². The van der Waals surface area contributed by atoms with Gasteiger partial charge in [0, 0.05) is 37.8 Å². The summed E-state index contributed by atoms with van der Waals surface area (Å²) in [5.41, 5.74) is 3.14. The lowest BCUT2D eigenvalue weighted by Crippen LogP contribution is -2.50. The van der Waals surface area contributed by atoms with Gasteiger partial charge in [0.05, 0.1) is 5.92 Å². The maximum absolute atomic E-state index is 12.6. The van der Waals surface area contributed by atoms with Crippen LogP contribution in [0, 0.1) is 0 Å². The minimum Gasteiger partial charge on any atom is -0.350 e. The summed E-state index contributed by atoms with van der Waals surface area (Å²) in [5, 5.41) is 6.12. The lowest BCUT2D eigenvalue weighted by molar-refractivity contribution is -0.121. The van der Waals surface area contributed by atoms with Gasteiger partial charge in [0.25, 0.3) is 0 Å². The lowest BCUT2D eigenvalue weighted by atomic mass is 9.82. The Hall–Kier alpha value is -2.66. The van der Waals surface area contributed by atoms with Gasteiger partial charge in [-0.15, -0.1) is 0 Å². The van der Waals surface area contributed by atoms with Crippen molar-refractivity contribution in [2.24, 2.45) is 0 Å². The smallest absolute Gasteiger partial charge is 0.228 e. The molecule has 0 bridgehead atoms. The fraction of sp³-hybridized carbons (Fsp3) is 0.391. The second-order valence-corrected chi connectivity index (χ2v) is 8.09.